The van der Waals surface area contributed by atoms with Gasteiger partial charge in [0.1, 0.15) is 12.2 Å². The van der Waals surface area contributed by atoms with Crippen molar-refractivity contribution < 1.29 is 14.6 Å². The predicted molar refractivity (Wildman–Crippen MR) is 89.3 cm³/mol. The summed E-state index contributed by atoms with van der Waals surface area (Å²) in [6.07, 6.45) is 2.69. The van der Waals surface area contributed by atoms with Crippen LogP contribution in [-0.4, -0.2) is 59.9 Å². The summed E-state index contributed by atoms with van der Waals surface area (Å²) in [5.74, 6) is 5.62. The van der Waals surface area contributed by atoms with Crippen LogP contribution in [0.3, 0.4) is 0 Å². The minimum atomic E-state index is -0.284. The van der Waals surface area contributed by atoms with Gasteiger partial charge in [-0.3, -0.25) is 4.90 Å². The van der Waals surface area contributed by atoms with Gasteiger partial charge in [0.25, 0.3) is 0 Å². The van der Waals surface area contributed by atoms with Crippen LogP contribution in [0.25, 0.3) is 0 Å². The molecule has 0 aliphatic carbocycles. The van der Waals surface area contributed by atoms with Crippen molar-refractivity contribution in [3.8, 4) is 11.8 Å². The number of aliphatic hydroxyl groups excluding tert-OH is 1. The average molecular weight is 334 g/mol. The Morgan fingerprint density at radius 1 is 1.43 bits per heavy atom. The first kappa shape index (κ1) is 16.3. The summed E-state index contributed by atoms with van der Waals surface area (Å²) >= 11 is 1.71. The third-order valence-electron chi connectivity index (χ3n) is 4.48. The molecule has 2 aliphatic rings. The Kier molecular flexibility index (Phi) is 4.90. The van der Waals surface area contributed by atoms with E-state index in [-0.39, 0.29) is 18.3 Å². The van der Waals surface area contributed by atoms with Crippen molar-refractivity contribution in [3.63, 3.8) is 0 Å². The Labute approximate surface area is 140 Å². The fourth-order valence-corrected chi connectivity index (χ4v) is 4.18. The summed E-state index contributed by atoms with van der Waals surface area (Å²) < 4.78 is 5.65. The Morgan fingerprint density at radius 3 is 3.04 bits per heavy atom. The first-order chi connectivity index (χ1) is 11.1. The normalized spacial score (nSPS) is 25.1. The number of hydrogen-bond donors (Lipinski definition) is 1. The molecule has 23 heavy (non-hydrogen) atoms. The highest BCUT2D eigenvalue weighted by atomic mass is 32.1. The number of aliphatic hydroxyl groups is 1. The van der Waals surface area contributed by atoms with Crippen molar-refractivity contribution in [2.45, 2.75) is 31.4 Å². The van der Waals surface area contributed by atoms with E-state index in [0.29, 0.717) is 6.54 Å². The van der Waals surface area contributed by atoms with Crippen LogP contribution in [0.4, 0.5) is 4.79 Å². The van der Waals surface area contributed by atoms with Crippen LogP contribution < -0.4 is 0 Å². The molecular weight excluding hydrogens is 312 g/mol. The molecular formula is C17H22N2O3S. The van der Waals surface area contributed by atoms with Crippen molar-refractivity contribution >= 4 is 17.4 Å². The Hall–Kier alpha value is -1.55. The maximum absolute atomic E-state index is 11.7. The van der Waals surface area contributed by atoms with Crippen LogP contribution >= 0.6 is 11.3 Å². The zero-order chi connectivity index (χ0) is 16.3. The number of rotatable bonds is 2. The van der Waals surface area contributed by atoms with Gasteiger partial charge in [-0.15, -0.1) is 11.3 Å². The van der Waals surface area contributed by atoms with Crippen LogP contribution in [-0.2, 0) is 11.3 Å². The van der Waals surface area contributed by atoms with Crippen LogP contribution in [0.5, 0.6) is 0 Å². The number of ether oxygens (including phenoxy) is 1. The summed E-state index contributed by atoms with van der Waals surface area (Å²) in [5.41, 5.74) is 0.685. The van der Waals surface area contributed by atoms with Crippen LogP contribution in [0.2, 0.25) is 0 Å². The lowest BCUT2D eigenvalue weighted by Gasteiger charge is -2.25. The molecule has 3 heterocycles. The monoisotopic (exact) mass is 334 g/mol. The van der Waals surface area contributed by atoms with Gasteiger partial charge in [0, 0.05) is 42.4 Å². The van der Waals surface area contributed by atoms with Crippen molar-refractivity contribution in [3.05, 3.63) is 21.9 Å². The molecule has 0 unspecified atom stereocenters. The highest BCUT2D eigenvalue weighted by Gasteiger charge is 2.44. The maximum atomic E-state index is 11.7. The van der Waals surface area contributed by atoms with E-state index >= 15 is 0 Å². The number of likely N-dealkylation sites (tertiary alicyclic amines) is 1. The molecule has 2 saturated heterocycles. The number of carbonyl (C=O) groups is 1. The van der Waals surface area contributed by atoms with E-state index in [2.05, 4.69) is 22.8 Å². The lowest BCUT2D eigenvalue weighted by atomic mass is 9.95. The highest BCUT2D eigenvalue weighted by Crippen LogP contribution is 2.33. The third-order valence-corrected chi connectivity index (χ3v) is 5.40. The molecule has 3 rings (SSSR count). The summed E-state index contributed by atoms with van der Waals surface area (Å²) in [7, 11) is 1.81. The molecule has 2 fully saturated rings. The average Bonchev–Trinajstić information content (AvgIpc) is 3.01. The molecule has 1 aromatic heterocycles. The Bertz CT molecular complexity index is 633. The third kappa shape index (κ3) is 3.86. The molecule has 5 nitrogen and oxygen atoms in total. The van der Waals surface area contributed by atoms with E-state index in [1.54, 1.807) is 23.3 Å². The lowest BCUT2D eigenvalue weighted by Crippen LogP contribution is -2.35. The minimum Gasteiger partial charge on any atom is -0.441 e. The van der Waals surface area contributed by atoms with E-state index in [1.165, 1.54) is 4.88 Å². The van der Waals surface area contributed by atoms with Crippen molar-refractivity contribution in [1.29, 1.82) is 0 Å². The number of hydrogen-bond acceptors (Lipinski definition) is 5. The van der Waals surface area contributed by atoms with Gasteiger partial charge in [0.15, 0.2) is 0 Å². The molecule has 1 atom stereocenters. The molecule has 1 amide bonds. The first-order valence-corrected chi connectivity index (χ1v) is 8.82. The zero-order valence-electron chi connectivity index (χ0n) is 13.4. The van der Waals surface area contributed by atoms with Gasteiger partial charge in [-0.2, -0.15) is 0 Å². The van der Waals surface area contributed by atoms with E-state index < -0.39 is 0 Å². The quantitative estimate of drug-likeness (QED) is 0.840. The van der Waals surface area contributed by atoms with Gasteiger partial charge in [-0.1, -0.05) is 11.8 Å². The molecule has 1 aromatic rings. The van der Waals surface area contributed by atoms with Gasteiger partial charge >= 0.3 is 6.09 Å². The summed E-state index contributed by atoms with van der Waals surface area (Å²) in [5, 5.41) is 10.8. The number of thiophene rings is 1. The van der Waals surface area contributed by atoms with Crippen LogP contribution in [0.15, 0.2) is 11.4 Å². The topological polar surface area (TPSA) is 53.0 Å². The smallest absolute Gasteiger partial charge is 0.410 e. The number of carbonyl (C=O) groups excluding carboxylic acids is 1. The number of nitrogens with zero attached hydrogens (tertiary/aromatic N) is 2. The van der Waals surface area contributed by atoms with Crippen molar-refractivity contribution in [1.82, 2.24) is 9.80 Å². The molecule has 1 spiro atoms. The first-order valence-electron chi connectivity index (χ1n) is 7.94. The molecule has 6 heteroatoms. The molecule has 124 valence electrons. The van der Waals surface area contributed by atoms with Crippen molar-refractivity contribution in [2.75, 3.05) is 33.3 Å². The van der Waals surface area contributed by atoms with Gasteiger partial charge in [0.05, 0.1) is 6.54 Å². The molecule has 1 N–H and O–H groups in total. The molecule has 0 radical (unpaired) electrons. The van der Waals surface area contributed by atoms with Crippen LogP contribution in [0, 0.1) is 11.8 Å². The van der Waals surface area contributed by atoms with E-state index in [4.69, 9.17) is 9.84 Å². The molecule has 0 saturated carbocycles. The van der Waals surface area contributed by atoms with E-state index in [9.17, 15) is 4.79 Å². The Morgan fingerprint density at radius 2 is 2.30 bits per heavy atom. The SMILES string of the molecule is CN1C[C@@]2(CCCN(Cc3cc(C#CCO)cs3)CC2)OC1=O. The Balaban J connectivity index is 1.58. The number of likely N-dealkylation sites (N-methyl/N-ethyl adjacent to an activating group) is 1. The summed E-state index contributed by atoms with van der Waals surface area (Å²) in [4.78, 5) is 17.1. The second-order valence-corrected chi connectivity index (χ2v) is 7.29. The minimum absolute atomic E-state index is 0.105. The van der Waals surface area contributed by atoms with Crippen molar-refractivity contribution in [2.24, 2.45) is 0 Å². The largest absolute Gasteiger partial charge is 0.441 e. The molecule has 0 aromatic carbocycles. The van der Waals surface area contributed by atoms with E-state index in [1.807, 2.05) is 5.38 Å². The predicted octanol–water partition coefficient (Wildman–Crippen LogP) is 1.90. The maximum Gasteiger partial charge on any atom is 0.410 e. The molecule has 0 bridgehead atoms. The van der Waals surface area contributed by atoms with Gasteiger partial charge in [-0.25, -0.2) is 4.79 Å². The fraction of sp³-hybridized carbons (Fsp3) is 0.588. The summed E-state index contributed by atoms with van der Waals surface area (Å²) in [6, 6.07) is 2.09. The zero-order valence-corrected chi connectivity index (χ0v) is 14.2. The van der Waals surface area contributed by atoms with Gasteiger partial charge in [-0.05, 0) is 25.5 Å². The standard InChI is InChI=1S/C17H22N2O3S/c1-18-13-17(22-16(18)21)5-3-7-19(8-6-17)11-15-10-14(12-23-15)4-2-9-20/h10,12,20H,3,5-9,11,13H2,1H3/t17-/m0/s1. The lowest BCUT2D eigenvalue weighted by molar-refractivity contribution is 0.0443. The second kappa shape index (κ2) is 6.91. The fourth-order valence-electron chi connectivity index (χ4n) is 3.33. The van der Waals surface area contributed by atoms with Crippen LogP contribution in [0.1, 0.15) is 29.7 Å². The van der Waals surface area contributed by atoms with Gasteiger partial charge in [0.2, 0.25) is 0 Å². The molecule has 2 aliphatic heterocycles. The van der Waals surface area contributed by atoms with E-state index in [0.717, 1.165) is 44.5 Å². The summed E-state index contributed by atoms with van der Waals surface area (Å²) in [6.45, 7) is 3.48. The van der Waals surface area contributed by atoms with Gasteiger partial charge < -0.3 is 14.7 Å². The number of amides is 1. The second-order valence-electron chi connectivity index (χ2n) is 6.30. The highest BCUT2D eigenvalue weighted by molar-refractivity contribution is 7.10.